The Hall–Kier alpha value is -3.73. The SMILES string of the molecule is COc1cccc(F)c1-c1nccc(C(=O)Nc2ccc(Br)cc2N2CC3CC2CN3C(=O)O)n1. The summed E-state index contributed by atoms with van der Waals surface area (Å²) in [4.78, 5) is 36.6. The summed E-state index contributed by atoms with van der Waals surface area (Å²) in [6.45, 7) is 0.959. The van der Waals surface area contributed by atoms with Gasteiger partial charge in [-0.05, 0) is 42.8 Å². The zero-order valence-corrected chi connectivity index (χ0v) is 20.2. The minimum atomic E-state index is -0.911. The highest BCUT2D eigenvalue weighted by Crippen LogP contribution is 2.39. The van der Waals surface area contributed by atoms with E-state index in [4.69, 9.17) is 4.74 Å². The van der Waals surface area contributed by atoms with Crippen LogP contribution in [0.4, 0.5) is 20.6 Å². The number of carboxylic acid groups (broad SMARTS) is 1. The van der Waals surface area contributed by atoms with Crippen molar-refractivity contribution in [2.75, 3.05) is 30.4 Å². The zero-order valence-electron chi connectivity index (χ0n) is 18.6. The minimum absolute atomic E-state index is 0.0280. The van der Waals surface area contributed by atoms with Gasteiger partial charge in [0.1, 0.15) is 17.3 Å². The number of benzene rings is 2. The quantitative estimate of drug-likeness (QED) is 0.497. The van der Waals surface area contributed by atoms with Gasteiger partial charge in [-0.1, -0.05) is 22.0 Å². The lowest BCUT2D eigenvalue weighted by Gasteiger charge is -2.35. The molecule has 2 bridgehead atoms. The van der Waals surface area contributed by atoms with Crippen LogP contribution in [-0.2, 0) is 0 Å². The van der Waals surface area contributed by atoms with Gasteiger partial charge in [0, 0.05) is 29.8 Å². The Morgan fingerprint density at radius 1 is 1.20 bits per heavy atom. The number of likely N-dealkylation sites (tertiary alicyclic amines) is 1. The van der Waals surface area contributed by atoms with E-state index in [-0.39, 0.29) is 34.9 Å². The number of ether oxygens (including phenoxy) is 1. The maximum atomic E-state index is 14.5. The van der Waals surface area contributed by atoms with Crippen molar-refractivity contribution in [3.8, 4) is 17.1 Å². The average molecular weight is 542 g/mol. The number of hydrogen-bond acceptors (Lipinski definition) is 6. The van der Waals surface area contributed by atoms with E-state index >= 15 is 0 Å². The number of methoxy groups -OCH3 is 1. The Kier molecular flexibility index (Phi) is 6.01. The van der Waals surface area contributed by atoms with Gasteiger partial charge in [-0.3, -0.25) is 4.79 Å². The molecule has 35 heavy (non-hydrogen) atoms. The van der Waals surface area contributed by atoms with Crippen molar-refractivity contribution in [3.63, 3.8) is 0 Å². The standard InChI is InChI=1S/C24H21BrFN5O4/c1-35-20-4-2-3-16(26)21(20)22-27-8-7-18(28-22)23(32)29-17-6-5-13(25)9-19(17)30-11-15-10-14(30)12-31(15)24(33)34/h2-9,14-15H,10-12H2,1H3,(H,29,32)(H,33,34). The Labute approximate surface area is 208 Å². The van der Waals surface area contributed by atoms with Crippen molar-refractivity contribution in [1.82, 2.24) is 14.9 Å². The lowest BCUT2D eigenvalue weighted by molar-refractivity contribution is 0.102. The second-order valence-corrected chi connectivity index (χ2v) is 9.24. The monoisotopic (exact) mass is 541 g/mol. The molecule has 2 saturated heterocycles. The Bertz CT molecular complexity index is 1320. The highest BCUT2D eigenvalue weighted by Gasteiger charge is 2.46. The van der Waals surface area contributed by atoms with Crippen molar-refractivity contribution >= 4 is 39.3 Å². The topological polar surface area (TPSA) is 108 Å². The molecule has 2 atom stereocenters. The van der Waals surface area contributed by atoms with Gasteiger partial charge in [0.05, 0.1) is 30.1 Å². The third-order valence-electron chi connectivity index (χ3n) is 6.31. The third kappa shape index (κ3) is 4.27. The maximum Gasteiger partial charge on any atom is 0.407 e. The van der Waals surface area contributed by atoms with Crippen LogP contribution in [0.5, 0.6) is 5.75 Å². The summed E-state index contributed by atoms with van der Waals surface area (Å²) in [5.41, 5.74) is 1.49. The number of halogens is 2. The summed E-state index contributed by atoms with van der Waals surface area (Å²) in [6.07, 6.45) is 1.23. The molecule has 180 valence electrons. The fourth-order valence-corrected chi connectivity index (χ4v) is 5.08. The predicted molar refractivity (Wildman–Crippen MR) is 130 cm³/mol. The molecule has 2 N–H and O–H groups in total. The Morgan fingerprint density at radius 2 is 2.03 bits per heavy atom. The molecule has 3 aromatic rings. The number of carbonyl (C=O) groups is 2. The number of hydrogen-bond donors (Lipinski definition) is 2. The van der Waals surface area contributed by atoms with Gasteiger partial charge < -0.3 is 25.0 Å². The summed E-state index contributed by atoms with van der Waals surface area (Å²) in [5, 5.41) is 12.3. The first-order valence-electron chi connectivity index (χ1n) is 10.9. The smallest absolute Gasteiger partial charge is 0.407 e. The lowest BCUT2D eigenvalue weighted by Crippen LogP contribution is -2.48. The van der Waals surface area contributed by atoms with E-state index < -0.39 is 17.8 Å². The van der Waals surface area contributed by atoms with Crippen LogP contribution in [0.1, 0.15) is 16.9 Å². The van der Waals surface area contributed by atoms with Crippen LogP contribution in [0, 0.1) is 5.82 Å². The number of piperazine rings is 1. The predicted octanol–water partition coefficient (Wildman–Crippen LogP) is 4.25. The summed E-state index contributed by atoms with van der Waals surface area (Å²) in [7, 11) is 1.42. The lowest BCUT2D eigenvalue weighted by atomic mass is 10.1. The highest BCUT2D eigenvalue weighted by molar-refractivity contribution is 9.10. The van der Waals surface area contributed by atoms with Crippen LogP contribution in [0.2, 0.25) is 0 Å². The molecular formula is C24H21BrFN5O4. The van der Waals surface area contributed by atoms with E-state index in [0.717, 1.165) is 16.6 Å². The first-order valence-corrected chi connectivity index (χ1v) is 11.7. The molecule has 0 spiro atoms. The summed E-state index contributed by atoms with van der Waals surface area (Å²) in [6, 6.07) is 11.3. The van der Waals surface area contributed by atoms with Crippen molar-refractivity contribution in [1.29, 1.82) is 0 Å². The molecule has 3 heterocycles. The second kappa shape index (κ2) is 9.14. The Balaban J connectivity index is 1.42. The van der Waals surface area contributed by atoms with E-state index in [2.05, 4.69) is 36.1 Å². The molecule has 2 unspecified atom stereocenters. The van der Waals surface area contributed by atoms with Gasteiger partial charge in [-0.15, -0.1) is 0 Å². The molecule has 2 fully saturated rings. The van der Waals surface area contributed by atoms with Gasteiger partial charge in [-0.25, -0.2) is 19.2 Å². The molecule has 0 aliphatic carbocycles. The number of amides is 2. The van der Waals surface area contributed by atoms with Crippen molar-refractivity contribution < 1.29 is 23.8 Å². The van der Waals surface area contributed by atoms with Gasteiger partial charge in [0.2, 0.25) is 0 Å². The first kappa shape index (κ1) is 23.0. The summed E-state index contributed by atoms with van der Waals surface area (Å²) >= 11 is 3.49. The normalized spacial score (nSPS) is 18.6. The van der Waals surface area contributed by atoms with Gasteiger partial charge in [-0.2, -0.15) is 0 Å². The summed E-state index contributed by atoms with van der Waals surface area (Å²) < 4.78 is 20.6. The molecule has 2 aromatic carbocycles. The molecule has 2 aliphatic heterocycles. The van der Waals surface area contributed by atoms with E-state index in [0.29, 0.717) is 18.8 Å². The average Bonchev–Trinajstić information content (AvgIpc) is 3.46. The van der Waals surface area contributed by atoms with Crippen LogP contribution in [-0.4, -0.2) is 64.3 Å². The Morgan fingerprint density at radius 3 is 2.74 bits per heavy atom. The van der Waals surface area contributed by atoms with E-state index in [1.807, 2.05) is 12.1 Å². The van der Waals surface area contributed by atoms with Crippen LogP contribution >= 0.6 is 15.9 Å². The van der Waals surface area contributed by atoms with Crippen LogP contribution in [0.15, 0.2) is 53.1 Å². The van der Waals surface area contributed by atoms with Crippen LogP contribution in [0.3, 0.4) is 0 Å². The van der Waals surface area contributed by atoms with E-state index in [1.54, 1.807) is 12.1 Å². The highest BCUT2D eigenvalue weighted by atomic mass is 79.9. The first-order chi connectivity index (χ1) is 16.9. The number of aromatic nitrogens is 2. The van der Waals surface area contributed by atoms with E-state index in [1.165, 1.54) is 36.4 Å². The molecular weight excluding hydrogens is 521 g/mol. The summed E-state index contributed by atoms with van der Waals surface area (Å²) in [5.74, 6) is -0.743. The molecule has 11 heteroatoms. The fourth-order valence-electron chi connectivity index (χ4n) is 4.73. The van der Waals surface area contributed by atoms with Crippen molar-refractivity contribution in [2.24, 2.45) is 0 Å². The zero-order chi connectivity index (χ0) is 24.7. The molecule has 2 amide bonds. The van der Waals surface area contributed by atoms with Gasteiger partial charge >= 0.3 is 6.09 Å². The molecule has 5 rings (SSSR count). The third-order valence-corrected chi connectivity index (χ3v) is 6.80. The number of rotatable bonds is 5. The number of nitrogens with zero attached hydrogens (tertiary/aromatic N) is 4. The molecule has 0 radical (unpaired) electrons. The fraction of sp³-hybridized carbons (Fsp3) is 0.250. The van der Waals surface area contributed by atoms with Gasteiger partial charge in [0.25, 0.3) is 5.91 Å². The largest absolute Gasteiger partial charge is 0.496 e. The maximum absolute atomic E-state index is 14.5. The van der Waals surface area contributed by atoms with Crippen LogP contribution < -0.4 is 15.0 Å². The van der Waals surface area contributed by atoms with E-state index in [9.17, 15) is 19.1 Å². The molecule has 1 aromatic heterocycles. The minimum Gasteiger partial charge on any atom is -0.496 e. The number of anilines is 2. The van der Waals surface area contributed by atoms with Crippen LogP contribution in [0.25, 0.3) is 11.4 Å². The number of fused-ring (bicyclic) bond motifs is 2. The van der Waals surface area contributed by atoms with Crippen molar-refractivity contribution in [2.45, 2.75) is 18.5 Å². The van der Waals surface area contributed by atoms with Crippen molar-refractivity contribution in [3.05, 3.63) is 64.6 Å². The second-order valence-electron chi connectivity index (χ2n) is 8.33. The number of carbonyl (C=O) groups excluding carboxylic acids is 1. The molecule has 2 aliphatic rings. The number of nitrogens with one attached hydrogen (secondary N) is 1. The molecule has 9 nitrogen and oxygen atoms in total. The molecule has 0 saturated carbocycles. The van der Waals surface area contributed by atoms with Gasteiger partial charge in [0.15, 0.2) is 5.82 Å².